The van der Waals surface area contributed by atoms with Crippen molar-refractivity contribution in [3.63, 3.8) is 0 Å². The Morgan fingerprint density at radius 1 is 1.12 bits per heavy atom. The lowest BCUT2D eigenvalue weighted by molar-refractivity contribution is -0.0498. The molecule has 6 rings (SSSR count). The van der Waals surface area contributed by atoms with Crippen LogP contribution in [0.1, 0.15) is 11.6 Å². The molecule has 2 saturated heterocycles. The molecular weight excluding hydrogens is 603 g/mol. The zero-order valence-electron chi connectivity index (χ0n) is 20.8. The number of thiol groups is 1. The third-order valence-electron chi connectivity index (χ3n) is 6.89. The second kappa shape index (κ2) is 10.9. The molecule has 220 valence electrons. The topological polar surface area (TPSA) is 235 Å². The number of nitrogen functional groups attached to an aromatic ring is 1. The summed E-state index contributed by atoms with van der Waals surface area (Å²) >= 11 is 5.19. The van der Waals surface area contributed by atoms with E-state index in [1.54, 1.807) is 4.57 Å². The summed E-state index contributed by atoms with van der Waals surface area (Å²) in [6, 6.07) is 1.24. The SMILES string of the molecule is Nc1ncnc2c1ncn2[C@@H]1S[C@H](CO[P@@](=O)(S)O[C@@H]2[C@H](O)[C@@H](CO)O[C@H]2n2ccc(=O)n3ccnc23)[C@@H](O)[C@H]1O. The van der Waals surface area contributed by atoms with Crippen molar-refractivity contribution in [3.05, 3.63) is 47.7 Å². The van der Waals surface area contributed by atoms with Crippen LogP contribution in [0.3, 0.4) is 0 Å². The lowest BCUT2D eigenvalue weighted by Crippen LogP contribution is -2.35. The molecule has 41 heavy (non-hydrogen) atoms. The Balaban J connectivity index is 1.18. The molecule has 0 saturated carbocycles. The summed E-state index contributed by atoms with van der Waals surface area (Å²) in [5.74, 6) is 0.316. The van der Waals surface area contributed by atoms with Crippen LogP contribution in [0, 0.1) is 0 Å². The van der Waals surface area contributed by atoms with Gasteiger partial charge in [0, 0.05) is 24.7 Å². The van der Waals surface area contributed by atoms with Crippen molar-refractivity contribution in [2.24, 2.45) is 0 Å². The molecule has 0 aliphatic carbocycles. The van der Waals surface area contributed by atoms with Gasteiger partial charge in [0.15, 0.2) is 17.7 Å². The van der Waals surface area contributed by atoms with Gasteiger partial charge >= 0.3 is 6.80 Å². The second-order valence-electron chi connectivity index (χ2n) is 9.36. The second-order valence-corrected chi connectivity index (χ2v) is 13.6. The first-order valence-corrected chi connectivity index (χ1v) is 15.8. The van der Waals surface area contributed by atoms with Gasteiger partial charge < -0.3 is 30.9 Å². The molecule has 4 aromatic rings. The third-order valence-corrected chi connectivity index (χ3v) is 10.1. The zero-order chi connectivity index (χ0) is 29.1. The first kappa shape index (κ1) is 28.5. The minimum Gasteiger partial charge on any atom is -0.394 e. The number of aliphatic hydroxyl groups excluding tert-OH is 4. The highest BCUT2D eigenvalue weighted by Crippen LogP contribution is 2.57. The minimum absolute atomic E-state index is 0.154. The number of fused-ring (bicyclic) bond motifs is 2. The number of nitrogens with zero attached hydrogens (tertiary/aromatic N) is 7. The van der Waals surface area contributed by atoms with Crippen LogP contribution in [-0.4, -0.2) is 103 Å². The van der Waals surface area contributed by atoms with Crippen molar-refractivity contribution >= 4 is 53.6 Å². The van der Waals surface area contributed by atoms with E-state index in [1.165, 1.54) is 46.3 Å². The molecular formula is C21H25N8O9PS2. The lowest BCUT2D eigenvalue weighted by Gasteiger charge is -2.26. The van der Waals surface area contributed by atoms with Crippen molar-refractivity contribution in [3.8, 4) is 0 Å². The summed E-state index contributed by atoms with van der Waals surface area (Å²) in [4.78, 5) is 28.5. The summed E-state index contributed by atoms with van der Waals surface area (Å²) in [6.45, 7) is -5.18. The summed E-state index contributed by atoms with van der Waals surface area (Å²) in [7, 11) is 0. The molecule has 0 spiro atoms. The molecule has 2 fully saturated rings. The van der Waals surface area contributed by atoms with E-state index in [-0.39, 0.29) is 23.8 Å². The van der Waals surface area contributed by atoms with E-state index in [4.69, 9.17) is 19.5 Å². The number of anilines is 1. The Bertz CT molecular complexity index is 1690. The number of hydrogen-bond donors (Lipinski definition) is 6. The molecule has 0 amide bonds. The fraction of sp³-hybridized carbons (Fsp3) is 0.476. The fourth-order valence-corrected chi connectivity index (χ4v) is 7.87. The van der Waals surface area contributed by atoms with Crippen LogP contribution in [0.5, 0.6) is 0 Å². The molecule has 4 aromatic heterocycles. The first-order valence-electron chi connectivity index (χ1n) is 12.2. The van der Waals surface area contributed by atoms with Crippen LogP contribution in [0.2, 0.25) is 0 Å². The lowest BCUT2D eigenvalue weighted by atomic mass is 10.1. The van der Waals surface area contributed by atoms with Gasteiger partial charge in [-0.2, -0.15) is 0 Å². The molecule has 2 aliphatic heterocycles. The number of thioether (sulfide) groups is 1. The van der Waals surface area contributed by atoms with Crippen molar-refractivity contribution in [2.75, 3.05) is 18.9 Å². The highest BCUT2D eigenvalue weighted by molar-refractivity contribution is 8.44. The predicted molar refractivity (Wildman–Crippen MR) is 146 cm³/mol. The van der Waals surface area contributed by atoms with E-state index < -0.39 is 60.8 Å². The van der Waals surface area contributed by atoms with Gasteiger partial charge in [-0.1, -0.05) is 12.2 Å². The summed E-state index contributed by atoms with van der Waals surface area (Å²) in [6.07, 6.45) is -0.773. The summed E-state index contributed by atoms with van der Waals surface area (Å²) in [5.41, 5.74) is 6.18. The van der Waals surface area contributed by atoms with Crippen molar-refractivity contribution < 1.29 is 38.8 Å². The Labute approximate surface area is 239 Å². The molecule has 0 radical (unpaired) electrons. The van der Waals surface area contributed by atoms with Gasteiger partial charge in [0.2, 0.25) is 5.78 Å². The minimum atomic E-state index is -4.25. The van der Waals surface area contributed by atoms with Gasteiger partial charge in [-0.05, 0) is 0 Å². The van der Waals surface area contributed by atoms with Gasteiger partial charge in [0.1, 0.15) is 41.6 Å². The van der Waals surface area contributed by atoms with E-state index in [0.29, 0.717) is 11.2 Å². The number of ether oxygens (including phenoxy) is 1. The predicted octanol–water partition coefficient (Wildman–Crippen LogP) is -1.06. The van der Waals surface area contributed by atoms with E-state index in [0.717, 1.165) is 11.8 Å². The van der Waals surface area contributed by atoms with Gasteiger partial charge in [0.25, 0.3) is 5.56 Å². The Morgan fingerprint density at radius 3 is 2.71 bits per heavy atom. The number of aromatic nitrogens is 7. The first-order chi connectivity index (χ1) is 19.6. The standard InChI is InChI=1S/C21H25N8O9PS2/c22-17-12-18(25-7-24-17)29(8-26-12)20-15(34)14(33)10(41-20)6-36-39(35,40)38-16-13(32)9(5-30)37-19(16)28-3-1-11(31)27-4-2-23-21(27)28/h1-4,7-10,13-16,19-20,30,32-34H,5-6H2,(H,35,40)(H2,22,24,25)/t9-,10-,13-,14-,15-,16-,19-,20-,39-/m1/s1. The van der Waals surface area contributed by atoms with Crippen LogP contribution in [0.4, 0.5) is 5.82 Å². The van der Waals surface area contributed by atoms with E-state index in [2.05, 4.69) is 32.2 Å². The van der Waals surface area contributed by atoms with Gasteiger partial charge in [-0.15, -0.1) is 11.8 Å². The average Bonchev–Trinajstić information content (AvgIpc) is 3.72. The Kier molecular flexibility index (Phi) is 7.60. The molecule has 20 heteroatoms. The Hall–Kier alpha value is -2.58. The molecule has 0 bridgehead atoms. The van der Waals surface area contributed by atoms with E-state index in [9.17, 15) is 29.8 Å². The number of rotatable bonds is 8. The molecule has 0 aromatic carbocycles. The quantitative estimate of drug-likeness (QED) is 0.101. The monoisotopic (exact) mass is 628 g/mol. The molecule has 9 atom stereocenters. The van der Waals surface area contributed by atoms with Crippen LogP contribution >= 0.6 is 30.8 Å². The van der Waals surface area contributed by atoms with Crippen LogP contribution in [0.15, 0.2) is 42.1 Å². The normalized spacial score (nSPS) is 31.7. The fourth-order valence-electron chi connectivity index (χ4n) is 4.86. The molecule has 6 N–H and O–H groups in total. The van der Waals surface area contributed by atoms with Crippen molar-refractivity contribution in [1.82, 2.24) is 33.5 Å². The maximum absolute atomic E-state index is 13.3. The molecule has 2 aliphatic rings. The smallest absolute Gasteiger partial charge is 0.386 e. The highest BCUT2D eigenvalue weighted by Gasteiger charge is 2.49. The largest absolute Gasteiger partial charge is 0.394 e. The Morgan fingerprint density at radius 2 is 1.93 bits per heavy atom. The number of nitrogens with two attached hydrogens (primary N) is 1. The average molecular weight is 629 g/mol. The van der Waals surface area contributed by atoms with Crippen LogP contribution in [0.25, 0.3) is 16.9 Å². The third kappa shape index (κ3) is 5.05. The number of aliphatic hydroxyl groups is 4. The van der Waals surface area contributed by atoms with Crippen LogP contribution < -0.4 is 11.3 Å². The van der Waals surface area contributed by atoms with E-state index in [1.807, 2.05) is 0 Å². The maximum Gasteiger partial charge on any atom is 0.386 e. The van der Waals surface area contributed by atoms with Gasteiger partial charge in [-0.25, -0.2) is 24.5 Å². The van der Waals surface area contributed by atoms with Crippen molar-refractivity contribution in [2.45, 2.75) is 47.4 Å². The number of hydrogen-bond acceptors (Lipinski definition) is 15. The molecule has 6 heterocycles. The zero-order valence-corrected chi connectivity index (χ0v) is 23.4. The number of imidazole rings is 2. The van der Waals surface area contributed by atoms with E-state index >= 15 is 0 Å². The van der Waals surface area contributed by atoms with Crippen LogP contribution in [-0.2, 0) is 18.3 Å². The maximum atomic E-state index is 13.3. The highest BCUT2D eigenvalue weighted by atomic mass is 32.7. The summed E-state index contributed by atoms with van der Waals surface area (Å²) < 4.78 is 34.4. The summed E-state index contributed by atoms with van der Waals surface area (Å²) in [5, 5.41) is 40.5. The molecule has 0 unspecified atom stereocenters. The van der Waals surface area contributed by atoms with Crippen molar-refractivity contribution in [1.29, 1.82) is 0 Å². The van der Waals surface area contributed by atoms with Gasteiger partial charge in [-0.3, -0.25) is 27.4 Å². The molecule has 17 nitrogen and oxygen atoms in total. The van der Waals surface area contributed by atoms with Gasteiger partial charge in [0.05, 0.1) is 30.9 Å².